The predicted molar refractivity (Wildman–Crippen MR) is 111 cm³/mol. The normalized spacial score (nSPS) is 12.1. The molecule has 0 fully saturated rings. The van der Waals surface area contributed by atoms with Gasteiger partial charge in [0.05, 0.1) is 28.5 Å². The zero-order valence-electron chi connectivity index (χ0n) is 15.5. The molecule has 0 saturated heterocycles. The average Bonchev–Trinajstić information content (AvgIpc) is 3.36. The molecule has 1 N–H and O–H groups in total. The van der Waals surface area contributed by atoms with Gasteiger partial charge in [-0.2, -0.15) is 13.2 Å². The Morgan fingerprint density at radius 1 is 1.00 bits per heavy atom. The molecule has 4 nitrogen and oxygen atoms in total. The number of halogens is 3. The topological polar surface area (TPSA) is 46.0 Å². The molecule has 0 saturated carbocycles. The van der Waals surface area contributed by atoms with Crippen molar-refractivity contribution in [3.8, 4) is 11.3 Å². The van der Waals surface area contributed by atoms with Crippen molar-refractivity contribution in [3.63, 3.8) is 0 Å². The number of nitrogens with zero attached hydrogens (tertiary/aromatic N) is 3. The lowest BCUT2D eigenvalue weighted by Gasteiger charge is -2.09. The minimum absolute atomic E-state index is 0.472. The van der Waals surface area contributed by atoms with Gasteiger partial charge in [0.25, 0.3) is 0 Å². The molecular weight excluding hydrogens is 409 g/mol. The Labute approximate surface area is 173 Å². The van der Waals surface area contributed by atoms with E-state index in [0.717, 1.165) is 33.9 Å². The van der Waals surface area contributed by atoms with Gasteiger partial charge in [0.2, 0.25) is 0 Å². The molecule has 3 heterocycles. The number of thioether (sulfide) groups is 1. The number of hydrogen-bond donors (Lipinski definition) is 1. The van der Waals surface area contributed by atoms with E-state index in [0.29, 0.717) is 22.7 Å². The summed E-state index contributed by atoms with van der Waals surface area (Å²) in [5.74, 6) is 0.628. The van der Waals surface area contributed by atoms with Crippen LogP contribution in [0.15, 0.2) is 78.2 Å². The minimum atomic E-state index is -4.38. The Morgan fingerprint density at radius 2 is 1.87 bits per heavy atom. The number of rotatable bonds is 4. The number of hydrogen-bond acceptors (Lipinski definition) is 3. The summed E-state index contributed by atoms with van der Waals surface area (Å²) in [5.41, 5.74) is 3.99. The fourth-order valence-corrected chi connectivity index (χ4v) is 4.26. The van der Waals surface area contributed by atoms with Crippen LogP contribution in [-0.4, -0.2) is 19.4 Å². The maximum absolute atomic E-state index is 13.1. The monoisotopic (exact) mass is 424 g/mol. The van der Waals surface area contributed by atoms with Crippen LogP contribution in [0.25, 0.3) is 27.9 Å². The first kappa shape index (κ1) is 18.7. The van der Waals surface area contributed by atoms with Crippen molar-refractivity contribution in [2.75, 3.05) is 0 Å². The van der Waals surface area contributed by atoms with E-state index in [1.54, 1.807) is 24.0 Å². The molecule has 2 aromatic carbocycles. The van der Waals surface area contributed by atoms with Gasteiger partial charge in [-0.1, -0.05) is 42.1 Å². The third-order valence-corrected chi connectivity index (χ3v) is 5.76. The molecule has 0 bridgehead atoms. The predicted octanol–water partition coefficient (Wildman–Crippen LogP) is 6.19. The van der Waals surface area contributed by atoms with Gasteiger partial charge >= 0.3 is 6.18 Å². The first-order valence-corrected chi connectivity index (χ1v) is 10.2. The van der Waals surface area contributed by atoms with Crippen LogP contribution >= 0.6 is 11.8 Å². The van der Waals surface area contributed by atoms with Gasteiger partial charge in [0.15, 0.2) is 5.16 Å². The summed E-state index contributed by atoms with van der Waals surface area (Å²) in [5, 5.41) is 0.808. The average molecular weight is 424 g/mol. The quantitative estimate of drug-likeness (QED) is 0.350. The first-order chi connectivity index (χ1) is 14.5. The smallest absolute Gasteiger partial charge is 0.333 e. The maximum Gasteiger partial charge on any atom is 0.416 e. The van der Waals surface area contributed by atoms with Crippen LogP contribution in [0.5, 0.6) is 0 Å². The second kappa shape index (κ2) is 7.21. The molecule has 30 heavy (non-hydrogen) atoms. The second-order valence-corrected chi connectivity index (χ2v) is 7.76. The van der Waals surface area contributed by atoms with Crippen LogP contribution < -0.4 is 0 Å². The Balaban J connectivity index is 1.46. The van der Waals surface area contributed by atoms with Crippen LogP contribution in [0, 0.1) is 0 Å². The number of H-pyrrole nitrogens is 1. The number of alkyl halides is 3. The van der Waals surface area contributed by atoms with E-state index in [4.69, 9.17) is 0 Å². The van der Waals surface area contributed by atoms with E-state index in [9.17, 15) is 13.2 Å². The third kappa shape index (κ3) is 3.43. The van der Waals surface area contributed by atoms with E-state index in [1.807, 2.05) is 47.0 Å². The standard InChI is InChI=1S/C22H15F3N4S/c23-22(24,25)16-7-3-5-14(11-16)19-12-26-20-15(6-4-10-29(19)20)13-30-21-27-17-8-1-2-9-18(17)28-21/h1-12H,13H2,(H,27,28). The van der Waals surface area contributed by atoms with Gasteiger partial charge in [0, 0.05) is 23.1 Å². The number of pyridine rings is 1. The van der Waals surface area contributed by atoms with E-state index >= 15 is 0 Å². The van der Waals surface area contributed by atoms with Gasteiger partial charge in [-0.25, -0.2) is 9.97 Å². The largest absolute Gasteiger partial charge is 0.416 e. The van der Waals surface area contributed by atoms with Crippen molar-refractivity contribution < 1.29 is 13.2 Å². The minimum Gasteiger partial charge on any atom is -0.333 e. The highest BCUT2D eigenvalue weighted by Gasteiger charge is 2.30. The number of aromatic nitrogens is 4. The van der Waals surface area contributed by atoms with Gasteiger partial charge in [-0.3, -0.25) is 4.40 Å². The third-order valence-electron chi connectivity index (χ3n) is 4.83. The second-order valence-electron chi connectivity index (χ2n) is 6.80. The Kier molecular flexibility index (Phi) is 4.51. The summed E-state index contributed by atoms with van der Waals surface area (Å²) in [6.45, 7) is 0. The van der Waals surface area contributed by atoms with Gasteiger partial charge in [0.1, 0.15) is 5.65 Å². The van der Waals surface area contributed by atoms with E-state index in [-0.39, 0.29) is 0 Å². The number of imidazole rings is 2. The van der Waals surface area contributed by atoms with E-state index in [1.165, 1.54) is 6.07 Å². The molecule has 0 amide bonds. The summed E-state index contributed by atoms with van der Waals surface area (Å²) in [4.78, 5) is 12.3. The Morgan fingerprint density at radius 3 is 2.70 bits per heavy atom. The van der Waals surface area contributed by atoms with Crippen molar-refractivity contribution in [2.24, 2.45) is 0 Å². The van der Waals surface area contributed by atoms with Crippen LogP contribution in [0.4, 0.5) is 13.2 Å². The van der Waals surface area contributed by atoms with Crippen molar-refractivity contribution in [2.45, 2.75) is 17.1 Å². The summed E-state index contributed by atoms with van der Waals surface area (Å²) in [6, 6.07) is 17.0. The van der Waals surface area contributed by atoms with Gasteiger partial charge in [-0.15, -0.1) is 0 Å². The molecule has 8 heteroatoms. The van der Waals surface area contributed by atoms with Crippen molar-refractivity contribution in [1.82, 2.24) is 19.4 Å². The van der Waals surface area contributed by atoms with Gasteiger partial charge in [-0.05, 0) is 30.3 Å². The molecule has 0 atom stereocenters. The molecule has 0 aliphatic rings. The summed E-state index contributed by atoms with van der Waals surface area (Å²) >= 11 is 1.56. The van der Waals surface area contributed by atoms with Gasteiger partial charge < -0.3 is 4.98 Å². The number of fused-ring (bicyclic) bond motifs is 2. The zero-order chi connectivity index (χ0) is 20.7. The molecule has 0 spiro atoms. The highest BCUT2D eigenvalue weighted by atomic mass is 32.2. The summed E-state index contributed by atoms with van der Waals surface area (Å²) in [7, 11) is 0. The number of para-hydroxylation sites is 2. The fourth-order valence-electron chi connectivity index (χ4n) is 3.39. The molecule has 0 radical (unpaired) electrons. The van der Waals surface area contributed by atoms with Crippen LogP contribution in [0.1, 0.15) is 11.1 Å². The number of aromatic amines is 1. The number of benzene rings is 2. The first-order valence-electron chi connectivity index (χ1n) is 9.19. The Bertz CT molecular complexity index is 1320. The molecule has 3 aromatic heterocycles. The highest BCUT2D eigenvalue weighted by Crippen LogP contribution is 2.33. The molecular formula is C22H15F3N4S. The van der Waals surface area contributed by atoms with Crippen LogP contribution in [-0.2, 0) is 11.9 Å². The van der Waals surface area contributed by atoms with E-state index in [2.05, 4.69) is 15.0 Å². The lowest BCUT2D eigenvalue weighted by atomic mass is 10.1. The molecule has 5 rings (SSSR count). The van der Waals surface area contributed by atoms with Crippen LogP contribution in [0.2, 0.25) is 0 Å². The zero-order valence-corrected chi connectivity index (χ0v) is 16.3. The van der Waals surface area contributed by atoms with Crippen molar-refractivity contribution >= 4 is 28.4 Å². The molecule has 150 valence electrons. The summed E-state index contributed by atoms with van der Waals surface area (Å²) in [6.07, 6.45) is -0.960. The highest BCUT2D eigenvalue weighted by molar-refractivity contribution is 7.98. The number of nitrogens with one attached hydrogen (secondary N) is 1. The molecule has 5 aromatic rings. The molecule has 0 unspecified atom stereocenters. The molecule has 0 aliphatic carbocycles. The Hall–Kier alpha value is -3.26. The summed E-state index contributed by atoms with van der Waals surface area (Å²) < 4.78 is 41.1. The SMILES string of the molecule is FC(F)(F)c1cccc(-c2cnc3c(CSc4nc5ccccc5[nH]4)cccn23)c1. The van der Waals surface area contributed by atoms with Crippen molar-refractivity contribution in [3.05, 3.63) is 84.2 Å². The van der Waals surface area contributed by atoms with Crippen molar-refractivity contribution in [1.29, 1.82) is 0 Å². The lowest BCUT2D eigenvalue weighted by Crippen LogP contribution is -2.04. The van der Waals surface area contributed by atoms with Crippen LogP contribution in [0.3, 0.4) is 0 Å². The lowest BCUT2D eigenvalue weighted by molar-refractivity contribution is -0.137. The van der Waals surface area contributed by atoms with E-state index < -0.39 is 11.7 Å². The fraction of sp³-hybridized carbons (Fsp3) is 0.0909. The maximum atomic E-state index is 13.1. The molecule has 0 aliphatic heterocycles.